The fourth-order valence-electron chi connectivity index (χ4n) is 1.75. The van der Waals surface area contributed by atoms with Crippen LogP contribution >= 0.6 is 0 Å². The van der Waals surface area contributed by atoms with Crippen LogP contribution in [0, 0.1) is 5.82 Å². The predicted molar refractivity (Wildman–Crippen MR) is 77.0 cm³/mol. The molecule has 2 rings (SSSR count). The van der Waals surface area contributed by atoms with Gasteiger partial charge in [-0.25, -0.2) is 23.0 Å². The number of hydroxylamine groups is 1. The zero-order valence-electron chi connectivity index (χ0n) is 11.3. The van der Waals surface area contributed by atoms with Crippen molar-refractivity contribution in [3.05, 3.63) is 54.3 Å². The molecule has 0 saturated heterocycles. The first-order valence-corrected chi connectivity index (χ1v) is 7.69. The summed E-state index contributed by atoms with van der Waals surface area (Å²) in [6.07, 6.45) is 0. The quantitative estimate of drug-likeness (QED) is 0.570. The first-order valence-electron chi connectivity index (χ1n) is 6.21. The third-order valence-corrected chi connectivity index (χ3v) is 4.31. The molecule has 0 spiro atoms. The van der Waals surface area contributed by atoms with Gasteiger partial charge in [-0.3, -0.25) is 10.0 Å². The van der Waals surface area contributed by atoms with E-state index in [9.17, 15) is 17.6 Å². The lowest BCUT2D eigenvalue weighted by molar-refractivity contribution is -0.127. The van der Waals surface area contributed by atoms with Gasteiger partial charge in [0.2, 0.25) is 10.0 Å². The number of halogens is 1. The summed E-state index contributed by atoms with van der Waals surface area (Å²) in [5.74, 6) is -1.22. The van der Waals surface area contributed by atoms with E-state index >= 15 is 0 Å². The van der Waals surface area contributed by atoms with Gasteiger partial charge in [0.1, 0.15) is 5.82 Å². The number of hydrogen-bond acceptors (Lipinski definition) is 4. The Labute approximate surface area is 126 Å². The molecule has 0 bridgehead atoms. The van der Waals surface area contributed by atoms with Gasteiger partial charge in [0.25, 0.3) is 5.91 Å². The average Bonchev–Trinajstić information content (AvgIpc) is 2.53. The molecule has 2 aromatic carbocycles. The lowest BCUT2D eigenvalue weighted by Gasteiger charge is -2.07. The summed E-state index contributed by atoms with van der Waals surface area (Å²) < 4.78 is 38.8. The molecule has 0 radical (unpaired) electrons. The molecule has 6 nitrogen and oxygen atoms in total. The Morgan fingerprint density at radius 3 is 2.00 bits per heavy atom. The van der Waals surface area contributed by atoms with Gasteiger partial charge in [0, 0.05) is 0 Å². The zero-order chi connectivity index (χ0) is 16.2. The van der Waals surface area contributed by atoms with Crippen LogP contribution in [0.2, 0.25) is 0 Å². The van der Waals surface area contributed by atoms with E-state index in [2.05, 4.69) is 0 Å². The highest BCUT2D eigenvalue weighted by Gasteiger charge is 2.15. The SMILES string of the molecule is O=C(CNS(=O)(=O)c1ccc(-c2ccc(F)cc2)cc1)NO. The summed E-state index contributed by atoms with van der Waals surface area (Å²) in [6, 6.07) is 11.7. The molecule has 0 fully saturated rings. The van der Waals surface area contributed by atoms with Crippen molar-refractivity contribution in [2.45, 2.75) is 4.90 Å². The molecule has 0 heterocycles. The predicted octanol–water partition coefficient (Wildman–Crippen LogP) is 1.28. The van der Waals surface area contributed by atoms with Crippen LogP contribution in [0.5, 0.6) is 0 Å². The Balaban J connectivity index is 2.17. The molecule has 8 heteroatoms. The van der Waals surface area contributed by atoms with Gasteiger partial charge in [-0.1, -0.05) is 24.3 Å². The van der Waals surface area contributed by atoms with E-state index in [0.717, 1.165) is 11.1 Å². The van der Waals surface area contributed by atoms with Crippen molar-refractivity contribution in [1.29, 1.82) is 0 Å². The average molecular weight is 324 g/mol. The van der Waals surface area contributed by atoms with Crippen molar-refractivity contribution < 1.29 is 22.8 Å². The number of hydrogen-bond donors (Lipinski definition) is 3. The van der Waals surface area contributed by atoms with E-state index in [1.165, 1.54) is 29.7 Å². The van der Waals surface area contributed by atoms with E-state index < -0.39 is 22.5 Å². The van der Waals surface area contributed by atoms with Crippen molar-refractivity contribution >= 4 is 15.9 Å². The molecule has 0 aliphatic carbocycles. The van der Waals surface area contributed by atoms with Crippen LogP contribution in [-0.2, 0) is 14.8 Å². The van der Waals surface area contributed by atoms with Gasteiger partial charge in [-0.05, 0) is 35.4 Å². The van der Waals surface area contributed by atoms with Gasteiger partial charge in [-0.15, -0.1) is 0 Å². The van der Waals surface area contributed by atoms with Crippen LogP contribution in [-0.4, -0.2) is 26.1 Å². The first-order chi connectivity index (χ1) is 10.4. The topological polar surface area (TPSA) is 95.5 Å². The standard InChI is InChI=1S/C14H13FN2O4S/c15-12-5-1-10(2-6-12)11-3-7-13(8-4-11)22(20,21)16-9-14(18)17-19/h1-8,16,19H,9H2,(H,17,18). The number of carbonyl (C=O) groups is 1. The van der Waals surface area contributed by atoms with E-state index in [1.807, 2.05) is 4.72 Å². The van der Waals surface area contributed by atoms with Crippen molar-refractivity contribution in [3.8, 4) is 11.1 Å². The Kier molecular flexibility index (Phi) is 4.86. The Morgan fingerprint density at radius 1 is 1.00 bits per heavy atom. The largest absolute Gasteiger partial charge is 0.289 e. The molecule has 0 unspecified atom stereocenters. The second-order valence-electron chi connectivity index (χ2n) is 4.39. The van der Waals surface area contributed by atoms with Crippen LogP contribution in [0.25, 0.3) is 11.1 Å². The van der Waals surface area contributed by atoms with Crippen LogP contribution in [0.4, 0.5) is 4.39 Å². The fraction of sp³-hybridized carbons (Fsp3) is 0.0714. The number of benzene rings is 2. The lowest BCUT2D eigenvalue weighted by Crippen LogP contribution is -2.35. The zero-order valence-corrected chi connectivity index (χ0v) is 12.1. The van der Waals surface area contributed by atoms with Gasteiger partial charge in [0.15, 0.2) is 0 Å². The normalized spacial score (nSPS) is 11.2. The monoisotopic (exact) mass is 324 g/mol. The van der Waals surface area contributed by atoms with Crippen molar-refractivity contribution in [2.75, 3.05) is 6.54 Å². The highest BCUT2D eigenvalue weighted by Crippen LogP contribution is 2.21. The molecule has 0 aliphatic rings. The van der Waals surface area contributed by atoms with E-state index in [0.29, 0.717) is 0 Å². The summed E-state index contributed by atoms with van der Waals surface area (Å²) >= 11 is 0. The third kappa shape index (κ3) is 3.88. The van der Waals surface area contributed by atoms with Gasteiger partial charge in [0.05, 0.1) is 11.4 Å². The number of amides is 1. The number of nitrogens with one attached hydrogen (secondary N) is 2. The molecule has 116 valence electrons. The summed E-state index contributed by atoms with van der Waals surface area (Å²) in [6.45, 7) is -0.571. The Morgan fingerprint density at radius 2 is 1.50 bits per heavy atom. The van der Waals surface area contributed by atoms with Gasteiger partial charge >= 0.3 is 0 Å². The first kappa shape index (κ1) is 16.1. The minimum atomic E-state index is -3.85. The molecule has 2 aromatic rings. The third-order valence-electron chi connectivity index (χ3n) is 2.89. The molecule has 0 aliphatic heterocycles. The van der Waals surface area contributed by atoms with Gasteiger partial charge < -0.3 is 0 Å². The number of rotatable bonds is 5. The second-order valence-corrected chi connectivity index (χ2v) is 6.16. The van der Waals surface area contributed by atoms with Crippen molar-refractivity contribution in [1.82, 2.24) is 10.2 Å². The molecule has 0 atom stereocenters. The van der Waals surface area contributed by atoms with Crippen molar-refractivity contribution in [2.24, 2.45) is 0 Å². The lowest BCUT2D eigenvalue weighted by atomic mass is 10.1. The molecule has 3 N–H and O–H groups in total. The van der Waals surface area contributed by atoms with Crippen LogP contribution in [0.3, 0.4) is 0 Å². The molecule has 22 heavy (non-hydrogen) atoms. The molecule has 1 amide bonds. The van der Waals surface area contributed by atoms with E-state index in [1.54, 1.807) is 24.3 Å². The maximum Gasteiger partial charge on any atom is 0.258 e. The maximum atomic E-state index is 12.9. The van der Waals surface area contributed by atoms with E-state index in [4.69, 9.17) is 5.21 Å². The fourth-order valence-corrected chi connectivity index (χ4v) is 2.73. The van der Waals surface area contributed by atoms with Crippen LogP contribution in [0.15, 0.2) is 53.4 Å². The van der Waals surface area contributed by atoms with Crippen molar-refractivity contribution in [3.63, 3.8) is 0 Å². The Hall–Kier alpha value is -2.29. The highest BCUT2D eigenvalue weighted by molar-refractivity contribution is 7.89. The summed E-state index contributed by atoms with van der Waals surface area (Å²) in [5.41, 5.74) is 2.80. The minimum Gasteiger partial charge on any atom is -0.289 e. The van der Waals surface area contributed by atoms with Gasteiger partial charge in [-0.2, -0.15) is 0 Å². The van der Waals surface area contributed by atoms with Crippen LogP contribution in [0.1, 0.15) is 0 Å². The summed E-state index contributed by atoms with van der Waals surface area (Å²) in [4.78, 5) is 10.8. The second kappa shape index (κ2) is 6.65. The minimum absolute atomic E-state index is 0.0240. The van der Waals surface area contributed by atoms with E-state index in [-0.39, 0.29) is 10.7 Å². The molecular weight excluding hydrogens is 311 g/mol. The smallest absolute Gasteiger partial charge is 0.258 e. The summed E-state index contributed by atoms with van der Waals surface area (Å²) in [7, 11) is -3.85. The summed E-state index contributed by atoms with van der Waals surface area (Å²) in [5, 5.41) is 8.32. The molecule has 0 aromatic heterocycles. The molecular formula is C14H13FN2O4S. The maximum absolute atomic E-state index is 12.9. The Bertz CT molecular complexity index is 758. The highest BCUT2D eigenvalue weighted by atomic mass is 32.2. The number of sulfonamides is 1. The molecule has 0 saturated carbocycles. The number of carbonyl (C=O) groups excluding carboxylic acids is 1. The van der Waals surface area contributed by atoms with Crippen LogP contribution < -0.4 is 10.2 Å².